The molecule has 0 atom stereocenters. The normalized spacial score (nSPS) is 11.1. The van der Waals surface area contributed by atoms with Crippen molar-refractivity contribution >= 4 is 0 Å². The molecule has 1 radical (unpaired) electrons. The Bertz CT molecular complexity index is 155. The topological polar surface area (TPSA) is 0 Å². The van der Waals surface area contributed by atoms with E-state index in [-0.39, 0.29) is 0 Å². The van der Waals surface area contributed by atoms with Crippen LogP contribution in [0.15, 0.2) is 18.2 Å². The molecule has 0 aromatic heterocycles. The molecule has 0 bridgehead atoms. The van der Waals surface area contributed by atoms with Gasteiger partial charge in [-0.05, 0) is 25.7 Å². The molecule has 0 N–H and O–H groups in total. The molecule has 0 saturated heterocycles. The number of hydrogen-bond donors (Lipinski definition) is 0. The van der Waals surface area contributed by atoms with E-state index in [0.29, 0.717) is 0 Å². The standard InChI is InChI=1S/C16H29/c1-3-5-7-9-11-13-15-16-14-12-10-8-6-4-2/h1,3,9,11H,4-8,10,12-16H2,2H3. The van der Waals surface area contributed by atoms with Gasteiger partial charge in [-0.3, -0.25) is 0 Å². The van der Waals surface area contributed by atoms with Crippen molar-refractivity contribution < 1.29 is 0 Å². The van der Waals surface area contributed by atoms with Gasteiger partial charge in [-0.15, -0.1) is 0 Å². The molecule has 0 unspecified atom stereocenters. The van der Waals surface area contributed by atoms with Gasteiger partial charge in [-0.2, -0.15) is 0 Å². The highest BCUT2D eigenvalue weighted by atomic mass is 14.0. The summed E-state index contributed by atoms with van der Waals surface area (Å²) in [7, 11) is 0. The predicted octanol–water partition coefficient (Wildman–Crippen LogP) is 5.84. The van der Waals surface area contributed by atoms with Gasteiger partial charge >= 0.3 is 0 Å². The van der Waals surface area contributed by atoms with Crippen molar-refractivity contribution in [1.82, 2.24) is 0 Å². The van der Waals surface area contributed by atoms with E-state index in [0.717, 1.165) is 12.8 Å². The maximum atomic E-state index is 5.30. The van der Waals surface area contributed by atoms with Crippen molar-refractivity contribution in [3.8, 4) is 0 Å². The fourth-order valence-electron chi connectivity index (χ4n) is 1.82. The molecule has 0 fully saturated rings. The Labute approximate surface area is 103 Å². The second-order valence-electron chi connectivity index (χ2n) is 4.55. The van der Waals surface area contributed by atoms with Gasteiger partial charge in [0.2, 0.25) is 0 Å². The van der Waals surface area contributed by atoms with Gasteiger partial charge in [0.05, 0.1) is 0 Å². The maximum Gasteiger partial charge on any atom is -0.0313 e. The van der Waals surface area contributed by atoms with Crippen LogP contribution in [0.1, 0.15) is 77.6 Å². The number of unbranched alkanes of at least 4 members (excludes halogenated alkanes) is 9. The van der Waals surface area contributed by atoms with E-state index in [1.54, 1.807) is 6.08 Å². The van der Waals surface area contributed by atoms with E-state index in [1.807, 2.05) is 0 Å². The van der Waals surface area contributed by atoms with Crippen LogP contribution in [-0.2, 0) is 0 Å². The van der Waals surface area contributed by atoms with Gasteiger partial charge in [-0.25, -0.2) is 0 Å². The minimum Gasteiger partial charge on any atom is -0.0885 e. The van der Waals surface area contributed by atoms with E-state index < -0.39 is 0 Å². The van der Waals surface area contributed by atoms with Crippen molar-refractivity contribution in [1.29, 1.82) is 0 Å². The third-order valence-electron chi connectivity index (χ3n) is 2.89. The highest BCUT2D eigenvalue weighted by molar-refractivity contribution is 4.83. The first kappa shape index (κ1) is 15.5. The smallest absolute Gasteiger partial charge is 0.0313 e. The fraction of sp³-hybridized carbons (Fsp3) is 0.750. The molecule has 0 aliphatic rings. The summed E-state index contributed by atoms with van der Waals surface area (Å²) in [6.45, 7) is 7.57. The van der Waals surface area contributed by atoms with Crippen LogP contribution < -0.4 is 0 Å². The minimum atomic E-state index is 1.01. The van der Waals surface area contributed by atoms with Gasteiger partial charge in [-0.1, -0.05) is 76.7 Å². The molecule has 0 aliphatic heterocycles. The summed E-state index contributed by atoms with van der Waals surface area (Å²) >= 11 is 0. The molecule has 0 saturated carbocycles. The van der Waals surface area contributed by atoms with Gasteiger partial charge in [0.15, 0.2) is 0 Å². The second kappa shape index (κ2) is 14.5. The lowest BCUT2D eigenvalue weighted by Gasteiger charge is -1.99. The lowest BCUT2D eigenvalue weighted by molar-refractivity contribution is 0.577. The maximum absolute atomic E-state index is 5.30. The molecule has 0 aliphatic carbocycles. The van der Waals surface area contributed by atoms with Crippen LogP contribution in [-0.4, -0.2) is 0 Å². The number of rotatable bonds is 12. The average Bonchev–Trinajstić information content (AvgIpc) is 2.31. The first-order chi connectivity index (χ1) is 7.91. The van der Waals surface area contributed by atoms with Crippen molar-refractivity contribution in [3.63, 3.8) is 0 Å². The van der Waals surface area contributed by atoms with Crippen LogP contribution in [0.25, 0.3) is 0 Å². The van der Waals surface area contributed by atoms with Crippen LogP contribution in [0, 0.1) is 6.58 Å². The van der Waals surface area contributed by atoms with Crippen LogP contribution in [0.4, 0.5) is 0 Å². The minimum absolute atomic E-state index is 1.01. The Hall–Kier alpha value is -0.520. The molecule has 0 nitrogen and oxygen atoms in total. The highest BCUT2D eigenvalue weighted by Crippen LogP contribution is 2.09. The summed E-state index contributed by atoms with van der Waals surface area (Å²) in [5.41, 5.74) is 0. The summed E-state index contributed by atoms with van der Waals surface area (Å²) in [6.07, 6.45) is 20.9. The van der Waals surface area contributed by atoms with E-state index in [1.165, 1.54) is 57.8 Å². The third kappa shape index (κ3) is 13.5. The monoisotopic (exact) mass is 221 g/mol. The Morgan fingerprint density at radius 3 is 1.88 bits per heavy atom. The SMILES string of the molecule is [CH]=CCCC=CCCCCCCCCCC. The Kier molecular flexibility index (Phi) is 14.0. The third-order valence-corrected chi connectivity index (χ3v) is 2.89. The van der Waals surface area contributed by atoms with Gasteiger partial charge in [0, 0.05) is 0 Å². The summed E-state index contributed by atoms with van der Waals surface area (Å²) in [4.78, 5) is 0. The first-order valence-electron chi connectivity index (χ1n) is 7.10. The Balaban J connectivity index is 2.98. The second-order valence-corrected chi connectivity index (χ2v) is 4.55. The molecule has 0 amide bonds. The van der Waals surface area contributed by atoms with Crippen molar-refractivity contribution in [2.24, 2.45) is 0 Å². The molecule has 0 heterocycles. The lowest BCUT2D eigenvalue weighted by Crippen LogP contribution is -1.79. The highest BCUT2D eigenvalue weighted by Gasteiger charge is 1.90. The number of hydrogen-bond acceptors (Lipinski definition) is 0. The summed E-state index contributed by atoms with van der Waals surface area (Å²) in [5, 5.41) is 0. The summed E-state index contributed by atoms with van der Waals surface area (Å²) in [5.74, 6) is 0. The largest absolute Gasteiger partial charge is 0.0885 e. The Morgan fingerprint density at radius 1 is 0.688 bits per heavy atom. The van der Waals surface area contributed by atoms with Crippen LogP contribution in [0.2, 0.25) is 0 Å². The van der Waals surface area contributed by atoms with E-state index >= 15 is 0 Å². The van der Waals surface area contributed by atoms with Crippen LogP contribution in [0.5, 0.6) is 0 Å². The van der Waals surface area contributed by atoms with Crippen LogP contribution >= 0.6 is 0 Å². The zero-order valence-corrected chi connectivity index (χ0v) is 11.1. The molecule has 0 spiro atoms. The van der Waals surface area contributed by atoms with Gasteiger partial charge < -0.3 is 0 Å². The Morgan fingerprint density at radius 2 is 1.25 bits per heavy atom. The summed E-state index contributed by atoms with van der Waals surface area (Å²) < 4.78 is 0. The molecular weight excluding hydrogens is 192 g/mol. The van der Waals surface area contributed by atoms with E-state index in [9.17, 15) is 0 Å². The van der Waals surface area contributed by atoms with Crippen molar-refractivity contribution in [2.75, 3.05) is 0 Å². The molecular formula is C16H29. The van der Waals surface area contributed by atoms with Crippen LogP contribution in [0.3, 0.4) is 0 Å². The van der Waals surface area contributed by atoms with Gasteiger partial charge in [0.25, 0.3) is 0 Å². The lowest BCUT2D eigenvalue weighted by atomic mass is 10.1. The van der Waals surface area contributed by atoms with Gasteiger partial charge in [0.1, 0.15) is 0 Å². The molecule has 0 heteroatoms. The quantitative estimate of drug-likeness (QED) is 0.287. The van der Waals surface area contributed by atoms with E-state index in [2.05, 4.69) is 19.1 Å². The zero-order chi connectivity index (χ0) is 11.9. The zero-order valence-electron chi connectivity index (χ0n) is 11.1. The predicted molar refractivity (Wildman–Crippen MR) is 74.5 cm³/mol. The van der Waals surface area contributed by atoms with Crippen molar-refractivity contribution in [2.45, 2.75) is 77.6 Å². The average molecular weight is 221 g/mol. The number of allylic oxidation sites excluding steroid dienone is 3. The van der Waals surface area contributed by atoms with Crippen molar-refractivity contribution in [3.05, 3.63) is 24.8 Å². The van der Waals surface area contributed by atoms with E-state index in [4.69, 9.17) is 6.58 Å². The molecule has 0 aromatic carbocycles. The molecule has 0 aromatic rings. The fourth-order valence-corrected chi connectivity index (χ4v) is 1.82. The summed E-state index contributed by atoms with van der Waals surface area (Å²) in [6, 6.07) is 0. The molecule has 0 rings (SSSR count). The molecule has 16 heavy (non-hydrogen) atoms. The molecule has 93 valence electrons. The first-order valence-corrected chi connectivity index (χ1v) is 7.10.